The molecule has 1 fully saturated rings. The van der Waals surface area contributed by atoms with Gasteiger partial charge in [0, 0.05) is 35.2 Å². The molecule has 0 aromatic heterocycles. The van der Waals surface area contributed by atoms with Gasteiger partial charge in [0.1, 0.15) is 5.54 Å². The van der Waals surface area contributed by atoms with Crippen molar-refractivity contribution in [1.82, 2.24) is 4.90 Å². The van der Waals surface area contributed by atoms with Gasteiger partial charge < -0.3 is 14.2 Å². The molecule has 2 amide bonds. The standard InChI is InChI=1S/C21H18BrNO7/c1-8(24)23-12(25)6-9-4-5-10-11(22)7-21(9,23)16-13(10)17-14(19(26)28-2)15(18(16)30-17)20(27)29-3/h4-7,10,13,16-18H,1-3H3. The minimum Gasteiger partial charge on any atom is -0.466 e. The van der Waals surface area contributed by atoms with Gasteiger partial charge in [0.2, 0.25) is 5.91 Å². The van der Waals surface area contributed by atoms with Crippen molar-refractivity contribution >= 4 is 39.7 Å². The normalized spacial score (nSPS) is 37.5. The van der Waals surface area contributed by atoms with E-state index in [9.17, 15) is 19.2 Å². The number of imide groups is 1. The van der Waals surface area contributed by atoms with E-state index in [1.807, 2.05) is 18.2 Å². The molecule has 0 radical (unpaired) electrons. The smallest absolute Gasteiger partial charge is 0.337 e. The zero-order valence-electron chi connectivity index (χ0n) is 16.4. The summed E-state index contributed by atoms with van der Waals surface area (Å²) in [5, 5.41) is 0. The Balaban J connectivity index is 1.78. The molecule has 6 rings (SSSR count). The zero-order valence-corrected chi connectivity index (χ0v) is 18.0. The number of hydrogen-bond donors (Lipinski definition) is 0. The summed E-state index contributed by atoms with van der Waals surface area (Å²) in [5.74, 6) is -3.04. The minimum atomic E-state index is -1.11. The van der Waals surface area contributed by atoms with E-state index in [4.69, 9.17) is 14.2 Å². The number of ether oxygens (including phenoxy) is 3. The molecule has 0 aromatic carbocycles. The first-order chi connectivity index (χ1) is 14.3. The number of esters is 2. The predicted octanol–water partition coefficient (Wildman–Crippen LogP) is 1.17. The number of carbonyl (C=O) groups is 4. The highest BCUT2D eigenvalue weighted by Crippen LogP contribution is 2.64. The molecular formula is C21H18BrNO7. The van der Waals surface area contributed by atoms with Crippen LogP contribution in [0.5, 0.6) is 0 Å². The Hall–Kier alpha value is -2.52. The molecule has 0 N–H and O–H groups in total. The van der Waals surface area contributed by atoms with Crippen LogP contribution in [0.3, 0.4) is 0 Å². The second kappa shape index (κ2) is 6.24. The van der Waals surface area contributed by atoms with Crippen LogP contribution in [0.1, 0.15) is 6.92 Å². The Morgan fingerprint density at radius 1 is 1.13 bits per heavy atom. The third kappa shape index (κ3) is 2.09. The molecule has 3 aliphatic heterocycles. The van der Waals surface area contributed by atoms with Crippen molar-refractivity contribution in [2.75, 3.05) is 14.2 Å². The van der Waals surface area contributed by atoms with Crippen LogP contribution in [0.15, 0.2) is 45.5 Å². The maximum atomic E-state index is 12.8. The van der Waals surface area contributed by atoms with Crippen LogP contribution in [0.4, 0.5) is 0 Å². The van der Waals surface area contributed by atoms with Crippen molar-refractivity contribution in [3.8, 4) is 0 Å². The van der Waals surface area contributed by atoms with Crippen molar-refractivity contribution in [2.45, 2.75) is 24.7 Å². The largest absolute Gasteiger partial charge is 0.466 e. The monoisotopic (exact) mass is 475 g/mol. The van der Waals surface area contributed by atoms with Gasteiger partial charge in [-0.15, -0.1) is 0 Å². The Bertz CT molecular complexity index is 1050. The van der Waals surface area contributed by atoms with Crippen LogP contribution in [0, 0.1) is 17.8 Å². The molecule has 3 aliphatic carbocycles. The van der Waals surface area contributed by atoms with Gasteiger partial charge in [-0.1, -0.05) is 28.1 Å². The number of carbonyl (C=O) groups excluding carboxylic acids is 4. The molecule has 0 aromatic rings. The lowest BCUT2D eigenvalue weighted by Crippen LogP contribution is -2.61. The highest BCUT2D eigenvalue weighted by atomic mass is 79.9. The van der Waals surface area contributed by atoms with Gasteiger partial charge in [0.15, 0.2) is 0 Å². The van der Waals surface area contributed by atoms with E-state index >= 15 is 0 Å². The second-order valence-corrected chi connectivity index (χ2v) is 8.84. The summed E-state index contributed by atoms with van der Waals surface area (Å²) in [6.45, 7) is 1.34. The molecular weight excluding hydrogens is 458 g/mol. The minimum absolute atomic E-state index is 0.101. The van der Waals surface area contributed by atoms with E-state index in [1.165, 1.54) is 32.1 Å². The van der Waals surface area contributed by atoms with Gasteiger partial charge in [-0.2, -0.15) is 0 Å². The van der Waals surface area contributed by atoms with Gasteiger partial charge in [0.05, 0.1) is 37.6 Å². The molecule has 6 aliphatic rings. The summed E-state index contributed by atoms with van der Waals surface area (Å²) in [6.07, 6.45) is 5.58. The van der Waals surface area contributed by atoms with Crippen molar-refractivity contribution < 1.29 is 33.4 Å². The first kappa shape index (κ1) is 19.4. The number of hydrogen-bond acceptors (Lipinski definition) is 7. The van der Waals surface area contributed by atoms with Crippen molar-refractivity contribution in [3.05, 3.63) is 45.5 Å². The third-order valence-corrected chi connectivity index (χ3v) is 7.54. The lowest BCUT2D eigenvalue weighted by atomic mass is 9.59. The number of nitrogens with zero attached hydrogens (tertiary/aromatic N) is 1. The highest BCUT2D eigenvalue weighted by molar-refractivity contribution is 9.11. The van der Waals surface area contributed by atoms with E-state index in [-0.39, 0.29) is 23.0 Å². The Morgan fingerprint density at radius 3 is 2.37 bits per heavy atom. The predicted molar refractivity (Wildman–Crippen MR) is 105 cm³/mol. The fraction of sp³-hybridized carbons (Fsp3) is 0.429. The molecule has 156 valence electrons. The molecule has 30 heavy (non-hydrogen) atoms. The van der Waals surface area contributed by atoms with Crippen LogP contribution in [-0.2, 0) is 33.4 Å². The van der Waals surface area contributed by atoms with Gasteiger partial charge >= 0.3 is 11.9 Å². The average Bonchev–Trinajstić information content (AvgIpc) is 3.30. The third-order valence-electron chi connectivity index (χ3n) is 6.78. The van der Waals surface area contributed by atoms with Crippen molar-refractivity contribution in [1.29, 1.82) is 0 Å². The zero-order chi connectivity index (χ0) is 21.5. The Labute approximate surface area is 180 Å². The molecule has 6 atom stereocenters. The maximum Gasteiger partial charge on any atom is 0.337 e. The molecule has 0 saturated carbocycles. The van der Waals surface area contributed by atoms with E-state index in [1.54, 1.807) is 0 Å². The van der Waals surface area contributed by atoms with Gasteiger partial charge in [0.25, 0.3) is 5.91 Å². The Kier molecular flexibility index (Phi) is 4.05. The number of halogens is 1. The SMILES string of the molecule is COC(=O)C1=C(C(=O)OC)C2OC1C1C3C=CC4=CC(=O)N(C(C)=O)C4(C=C3Br)C21. The molecule has 3 heterocycles. The van der Waals surface area contributed by atoms with E-state index in [0.29, 0.717) is 5.57 Å². The number of methoxy groups -OCH3 is 2. The van der Waals surface area contributed by atoms with Crippen LogP contribution >= 0.6 is 15.9 Å². The van der Waals surface area contributed by atoms with E-state index in [0.717, 1.165) is 4.48 Å². The summed E-state index contributed by atoms with van der Waals surface area (Å²) in [6, 6.07) is 0. The van der Waals surface area contributed by atoms with Crippen molar-refractivity contribution in [2.24, 2.45) is 17.8 Å². The quantitative estimate of drug-likeness (QED) is 0.552. The van der Waals surface area contributed by atoms with Crippen LogP contribution < -0.4 is 0 Å². The summed E-state index contributed by atoms with van der Waals surface area (Å²) in [7, 11) is 2.48. The summed E-state index contributed by atoms with van der Waals surface area (Å²) < 4.78 is 16.9. The van der Waals surface area contributed by atoms with E-state index < -0.39 is 47.4 Å². The van der Waals surface area contributed by atoms with Gasteiger partial charge in [-0.05, 0) is 11.6 Å². The van der Waals surface area contributed by atoms with Crippen LogP contribution in [-0.4, -0.2) is 60.6 Å². The highest BCUT2D eigenvalue weighted by Gasteiger charge is 2.70. The average molecular weight is 476 g/mol. The lowest BCUT2D eigenvalue weighted by Gasteiger charge is -2.49. The molecule has 4 bridgehead atoms. The van der Waals surface area contributed by atoms with Gasteiger partial charge in [-0.3, -0.25) is 14.5 Å². The molecule has 8 nitrogen and oxygen atoms in total. The number of rotatable bonds is 2. The Morgan fingerprint density at radius 2 is 1.77 bits per heavy atom. The van der Waals surface area contributed by atoms with E-state index in [2.05, 4.69) is 15.9 Å². The van der Waals surface area contributed by atoms with Crippen LogP contribution in [0.2, 0.25) is 0 Å². The molecule has 9 heteroatoms. The topological polar surface area (TPSA) is 99.2 Å². The van der Waals surface area contributed by atoms with Crippen LogP contribution in [0.25, 0.3) is 0 Å². The summed E-state index contributed by atoms with van der Waals surface area (Å²) >= 11 is 3.62. The first-order valence-electron chi connectivity index (χ1n) is 9.47. The fourth-order valence-corrected chi connectivity index (χ4v) is 6.68. The number of amides is 2. The van der Waals surface area contributed by atoms with Gasteiger partial charge in [-0.25, -0.2) is 9.59 Å². The lowest BCUT2D eigenvalue weighted by molar-refractivity contribution is -0.146. The maximum absolute atomic E-state index is 12.8. The second-order valence-electron chi connectivity index (χ2n) is 7.92. The number of fused-ring (bicyclic) bond motifs is 2. The molecule has 6 unspecified atom stereocenters. The van der Waals surface area contributed by atoms with Crippen molar-refractivity contribution in [3.63, 3.8) is 0 Å². The number of allylic oxidation sites excluding steroid dienone is 2. The molecule has 1 spiro atoms. The summed E-state index contributed by atoms with van der Waals surface area (Å²) in [5.41, 5.74) is -0.202. The first-order valence-corrected chi connectivity index (χ1v) is 10.3. The summed E-state index contributed by atoms with van der Waals surface area (Å²) in [4.78, 5) is 51.9. The molecule has 1 saturated heterocycles. The fourth-order valence-electron chi connectivity index (χ4n) is 5.87.